The molecule has 3 unspecified atom stereocenters. The maximum atomic E-state index is 11.6. The average molecular weight is 268 g/mol. The van der Waals surface area contributed by atoms with E-state index in [1.807, 2.05) is 6.92 Å². The van der Waals surface area contributed by atoms with Crippen molar-refractivity contribution < 1.29 is 9.90 Å². The maximum Gasteiger partial charge on any atom is 0.323 e. The molecule has 2 rings (SSSR count). The lowest BCUT2D eigenvalue weighted by molar-refractivity contribution is -0.144. The van der Waals surface area contributed by atoms with Gasteiger partial charge in [-0.15, -0.1) is 0 Å². The molecular formula is C15H28N2O2. The van der Waals surface area contributed by atoms with Gasteiger partial charge in [-0.3, -0.25) is 9.69 Å². The van der Waals surface area contributed by atoms with Gasteiger partial charge in [0.1, 0.15) is 5.54 Å². The molecule has 1 saturated carbocycles. The second kappa shape index (κ2) is 5.80. The highest BCUT2D eigenvalue weighted by Gasteiger charge is 2.48. The van der Waals surface area contributed by atoms with Crippen LogP contribution in [0.2, 0.25) is 0 Å². The van der Waals surface area contributed by atoms with Crippen LogP contribution >= 0.6 is 0 Å². The Morgan fingerprint density at radius 2 is 2.21 bits per heavy atom. The second-order valence-electron chi connectivity index (χ2n) is 6.51. The molecule has 0 bridgehead atoms. The van der Waals surface area contributed by atoms with Crippen LogP contribution in [-0.2, 0) is 4.79 Å². The van der Waals surface area contributed by atoms with Crippen LogP contribution in [-0.4, -0.2) is 46.7 Å². The summed E-state index contributed by atoms with van der Waals surface area (Å²) in [4.78, 5) is 14.2. The molecule has 1 aliphatic carbocycles. The Labute approximate surface area is 116 Å². The third kappa shape index (κ3) is 2.79. The lowest BCUT2D eigenvalue weighted by Crippen LogP contribution is -2.51. The largest absolute Gasteiger partial charge is 0.480 e. The summed E-state index contributed by atoms with van der Waals surface area (Å²) < 4.78 is 0. The Bertz CT molecular complexity index is 332. The minimum absolute atomic E-state index is 0.449. The Hall–Kier alpha value is -0.610. The van der Waals surface area contributed by atoms with Crippen molar-refractivity contribution in [1.29, 1.82) is 0 Å². The number of nitrogens with one attached hydrogen (secondary N) is 1. The molecule has 110 valence electrons. The van der Waals surface area contributed by atoms with Crippen molar-refractivity contribution in [3.63, 3.8) is 0 Å². The zero-order valence-corrected chi connectivity index (χ0v) is 12.5. The zero-order chi connectivity index (χ0) is 14.0. The number of hydrogen-bond acceptors (Lipinski definition) is 3. The van der Waals surface area contributed by atoms with Crippen molar-refractivity contribution in [2.45, 2.75) is 70.5 Å². The van der Waals surface area contributed by atoms with Gasteiger partial charge in [-0.2, -0.15) is 0 Å². The van der Waals surface area contributed by atoms with E-state index in [-0.39, 0.29) is 0 Å². The molecule has 2 aliphatic rings. The molecule has 0 radical (unpaired) electrons. The molecule has 0 spiro atoms. The van der Waals surface area contributed by atoms with E-state index in [1.54, 1.807) is 0 Å². The van der Waals surface area contributed by atoms with Gasteiger partial charge in [0.2, 0.25) is 0 Å². The summed E-state index contributed by atoms with van der Waals surface area (Å²) in [5.74, 6) is -0.00129. The van der Waals surface area contributed by atoms with Crippen LogP contribution in [0.3, 0.4) is 0 Å². The number of likely N-dealkylation sites (tertiary alicyclic amines) is 1. The fourth-order valence-corrected chi connectivity index (χ4v) is 4.06. The van der Waals surface area contributed by atoms with Gasteiger partial charge in [0.05, 0.1) is 0 Å². The molecule has 0 aromatic carbocycles. The van der Waals surface area contributed by atoms with Gasteiger partial charge in [0.15, 0.2) is 0 Å². The molecule has 1 aliphatic heterocycles. The highest BCUT2D eigenvalue weighted by Crippen LogP contribution is 2.38. The molecule has 1 saturated heterocycles. The molecule has 3 atom stereocenters. The van der Waals surface area contributed by atoms with Crippen LogP contribution in [0.4, 0.5) is 0 Å². The van der Waals surface area contributed by atoms with Crippen molar-refractivity contribution in [3.05, 3.63) is 0 Å². The number of carboxylic acid groups (broad SMARTS) is 1. The lowest BCUT2D eigenvalue weighted by Gasteiger charge is -2.34. The summed E-state index contributed by atoms with van der Waals surface area (Å²) in [6.45, 7) is 8.44. The summed E-state index contributed by atoms with van der Waals surface area (Å²) in [7, 11) is 0. The number of rotatable bonds is 5. The molecule has 2 fully saturated rings. The van der Waals surface area contributed by atoms with Gasteiger partial charge < -0.3 is 10.4 Å². The van der Waals surface area contributed by atoms with Crippen molar-refractivity contribution in [1.82, 2.24) is 10.2 Å². The number of aliphatic carboxylic acids is 1. The van der Waals surface area contributed by atoms with Gasteiger partial charge in [0, 0.05) is 12.1 Å². The first-order chi connectivity index (χ1) is 9.00. The molecule has 0 amide bonds. The van der Waals surface area contributed by atoms with Gasteiger partial charge in [0.25, 0.3) is 0 Å². The highest BCUT2D eigenvalue weighted by atomic mass is 16.4. The van der Waals surface area contributed by atoms with Crippen molar-refractivity contribution in [3.8, 4) is 0 Å². The Kier molecular flexibility index (Phi) is 4.51. The van der Waals surface area contributed by atoms with E-state index in [0.29, 0.717) is 18.0 Å². The quantitative estimate of drug-likeness (QED) is 0.801. The third-order valence-electron chi connectivity index (χ3n) is 4.99. The van der Waals surface area contributed by atoms with Gasteiger partial charge in [-0.25, -0.2) is 0 Å². The number of hydrogen-bond donors (Lipinski definition) is 2. The van der Waals surface area contributed by atoms with E-state index in [1.165, 1.54) is 12.8 Å². The van der Waals surface area contributed by atoms with Gasteiger partial charge in [-0.05, 0) is 51.1 Å². The zero-order valence-electron chi connectivity index (χ0n) is 12.5. The van der Waals surface area contributed by atoms with E-state index in [0.717, 1.165) is 32.4 Å². The van der Waals surface area contributed by atoms with E-state index >= 15 is 0 Å². The topological polar surface area (TPSA) is 52.6 Å². The minimum Gasteiger partial charge on any atom is -0.480 e. The number of carboxylic acids is 1. The predicted octanol–water partition coefficient (Wildman–Crippen LogP) is 2.09. The standard InChI is InChI=1S/C15H28N2O2/c1-4-16-15(14(18)19)8-7-12(10-15)17-9-5-6-13(17)11(2)3/h11-13,16H,4-10H2,1-3H3,(H,18,19). The second-order valence-corrected chi connectivity index (χ2v) is 6.51. The summed E-state index contributed by atoms with van der Waals surface area (Å²) >= 11 is 0. The van der Waals surface area contributed by atoms with E-state index < -0.39 is 11.5 Å². The number of likely N-dealkylation sites (N-methyl/N-ethyl adjacent to an activating group) is 1. The first-order valence-corrected chi connectivity index (χ1v) is 7.74. The van der Waals surface area contributed by atoms with Crippen LogP contribution in [0.5, 0.6) is 0 Å². The SMILES string of the molecule is CCNC1(C(=O)O)CCC(N2CCCC2C(C)C)C1. The lowest BCUT2D eigenvalue weighted by atomic mass is 9.96. The van der Waals surface area contributed by atoms with Crippen LogP contribution in [0.1, 0.15) is 52.9 Å². The first-order valence-electron chi connectivity index (χ1n) is 7.74. The molecule has 4 nitrogen and oxygen atoms in total. The van der Waals surface area contributed by atoms with Crippen LogP contribution in [0.15, 0.2) is 0 Å². The highest BCUT2D eigenvalue weighted by molar-refractivity contribution is 5.79. The molecule has 4 heteroatoms. The third-order valence-corrected chi connectivity index (χ3v) is 4.99. The smallest absolute Gasteiger partial charge is 0.323 e. The van der Waals surface area contributed by atoms with Crippen molar-refractivity contribution in [2.75, 3.05) is 13.1 Å². The molecule has 19 heavy (non-hydrogen) atoms. The predicted molar refractivity (Wildman–Crippen MR) is 76.2 cm³/mol. The number of carbonyl (C=O) groups is 1. The van der Waals surface area contributed by atoms with Crippen LogP contribution in [0, 0.1) is 5.92 Å². The van der Waals surface area contributed by atoms with Crippen molar-refractivity contribution >= 4 is 5.97 Å². The number of nitrogens with zero attached hydrogens (tertiary/aromatic N) is 1. The molecule has 2 N–H and O–H groups in total. The summed E-state index contributed by atoms with van der Waals surface area (Å²) in [6.07, 6.45) is 5.08. The Morgan fingerprint density at radius 3 is 2.79 bits per heavy atom. The monoisotopic (exact) mass is 268 g/mol. The Morgan fingerprint density at radius 1 is 1.47 bits per heavy atom. The van der Waals surface area contributed by atoms with Crippen LogP contribution < -0.4 is 5.32 Å². The first kappa shape index (κ1) is 14.8. The van der Waals surface area contributed by atoms with Gasteiger partial charge >= 0.3 is 5.97 Å². The minimum atomic E-state index is -0.677. The Balaban J connectivity index is 2.06. The molecular weight excluding hydrogens is 240 g/mol. The summed E-state index contributed by atoms with van der Waals surface area (Å²) in [5, 5.41) is 12.8. The van der Waals surface area contributed by atoms with Crippen molar-refractivity contribution in [2.24, 2.45) is 5.92 Å². The summed E-state index contributed by atoms with van der Waals surface area (Å²) in [5.41, 5.74) is -0.677. The normalized spacial score (nSPS) is 36.2. The van der Waals surface area contributed by atoms with E-state index in [9.17, 15) is 9.90 Å². The van der Waals surface area contributed by atoms with Crippen LogP contribution in [0.25, 0.3) is 0 Å². The van der Waals surface area contributed by atoms with E-state index in [4.69, 9.17) is 0 Å². The average Bonchev–Trinajstić information content (AvgIpc) is 2.94. The van der Waals surface area contributed by atoms with Gasteiger partial charge in [-0.1, -0.05) is 20.8 Å². The fourth-order valence-electron chi connectivity index (χ4n) is 4.06. The molecule has 1 heterocycles. The molecule has 0 aromatic rings. The maximum absolute atomic E-state index is 11.6. The summed E-state index contributed by atoms with van der Waals surface area (Å²) in [6, 6.07) is 1.10. The van der Waals surface area contributed by atoms with E-state index in [2.05, 4.69) is 24.1 Å². The fraction of sp³-hybridized carbons (Fsp3) is 0.933. The molecule has 0 aromatic heterocycles.